The van der Waals surface area contributed by atoms with Crippen molar-refractivity contribution in [2.45, 2.75) is 32.0 Å². The summed E-state index contributed by atoms with van der Waals surface area (Å²) in [5.74, 6) is 0.0362. The molecule has 0 N–H and O–H groups in total. The van der Waals surface area contributed by atoms with Crippen LogP contribution in [-0.4, -0.2) is 16.2 Å². The van der Waals surface area contributed by atoms with Crippen molar-refractivity contribution in [2.75, 3.05) is 0 Å². The van der Waals surface area contributed by atoms with Gasteiger partial charge in [-0.05, 0) is 31.9 Å². The molecule has 1 aliphatic heterocycles. The fourth-order valence-corrected chi connectivity index (χ4v) is 2.31. The number of ether oxygens (including phenoxy) is 1. The molecule has 0 bridgehead atoms. The summed E-state index contributed by atoms with van der Waals surface area (Å²) in [7, 11) is 0. The molecule has 2 aromatic rings. The average Bonchev–Trinajstić information content (AvgIpc) is 3.01. The maximum atomic E-state index is 13.9. The van der Waals surface area contributed by atoms with E-state index in [4.69, 9.17) is 20.9 Å². The minimum Gasteiger partial charge on any atom is -0.365 e. The van der Waals surface area contributed by atoms with Crippen molar-refractivity contribution < 1.29 is 13.7 Å². The van der Waals surface area contributed by atoms with Gasteiger partial charge in [-0.2, -0.15) is 4.98 Å². The lowest BCUT2D eigenvalue weighted by Gasteiger charge is -2.04. The van der Waals surface area contributed by atoms with Gasteiger partial charge in [0.1, 0.15) is 6.10 Å². The quantitative estimate of drug-likeness (QED) is 0.841. The third kappa shape index (κ3) is 2.35. The van der Waals surface area contributed by atoms with Gasteiger partial charge in [-0.25, -0.2) is 4.39 Å². The van der Waals surface area contributed by atoms with Crippen molar-refractivity contribution in [2.24, 2.45) is 0 Å². The van der Waals surface area contributed by atoms with Crippen LogP contribution in [0.15, 0.2) is 22.7 Å². The van der Waals surface area contributed by atoms with Gasteiger partial charge in [-0.15, -0.1) is 0 Å². The van der Waals surface area contributed by atoms with E-state index in [9.17, 15) is 4.39 Å². The first-order chi connectivity index (χ1) is 9.15. The highest BCUT2D eigenvalue weighted by molar-refractivity contribution is 6.31. The van der Waals surface area contributed by atoms with Crippen LogP contribution in [0.5, 0.6) is 0 Å². The summed E-state index contributed by atoms with van der Waals surface area (Å²) in [6.07, 6.45) is 1.77. The van der Waals surface area contributed by atoms with E-state index >= 15 is 0 Å². The lowest BCUT2D eigenvalue weighted by molar-refractivity contribution is 0.0355. The van der Waals surface area contributed by atoms with E-state index in [2.05, 4.69) is 10.1 Å². The second-order valence-electron chi connectivity index (χ2n) is 4.57. The summed E-state index contributed by atoms with van der Waals surface area (Å²) in [5.41, 5.74) is 0.230. The molecule has 2 heterocycles. The fourth-order valence-electron chi connectivity index (χ4n) is 2.14. The van der Waals surface area contributed by atoms with E-state index in [0.717, 1.165) is 12.8 Å². The van der Waals surface area contributed by atoms with Gasteiger partial charge >= 0.3 is 0 Å². The second kappa shape index (κ2) is 4.90. The van der Waals surface area contributed by atoms with Crippen LogP contribution in [0.3, 0.4) is 0 Å². The van der Waals surface area contributed by atoms with Gasteiger partial charge in [0.15, 0.2) is 5.82 Å². The summed E-state index contributed by atoms with van der Waals surface area (Å²) in [5, 5.41) is 3.83. The molecule has 1 aromatic carbocycles. The Morgan fingerprint density at radius 3 is 2.95 bits per heavy atom. The molecule has 3 rings (SSSR count). The van der Waals surface area contributed by atoms with Gasteiger partial charge in [0.2, 0.25) is 5.82 Å². The first kappa shape index (κ1) is 12.6. The summed E-state index contributed by atoms with van der Waals surface area (Å²) >= 11 is 5.73. The van der Waals surface area contributed by atoms with Gasteiger partial charge < -0.3 is 9.26 Å². The smallest absolute Gasteiger partial charge is 0.256 e. The van der Waals surface area contributed by atoms with Crippen LogP contribution in [-0.2, 0) is 4.74 Å². The first-order valence-electron chi connectivity index (χ1n) is 6.08. The van der Waals surface area contributed by atoms with Crippen LogP contribution in [0.4, 0.5) is 4.39 Å². The maximum absolute atomic E-state index is 13.9. The molecule has 0 spiro atoms. The molecule has 1 saturated heterocycles. The summed E-state index contributed by atoms with van der Waals surface area (Å²) in [4.78, 5) is 4.20. The third-order valence-electron chi connectivity index (χ3n) is 3.14. The van der Waals surface area contributed by atoms with Crippen molar-refractivity contribution in [1.29, 1.82) is 0 Å². The number of benzene rings is 1. The highest BCUT2D eigenvalue weighted by Crippen LogP contribution is 2.33. The number of hydrogen-bond donors (Lipinski definition) is 0. The summed E-state index contributed by atoms with van der Waals surface area (Å²) in [6, 6.07) is 4.68. The Hall–Kier alpha value is -1.46. The van der Waals surface area contributed by atoms with E-state index in [1.807, 2.05) is 6.92 Å². The largest absolute Gasteiger partial charge is 0.365 e. The van der Waals surface area contributed by atoms with Crippen LogP contribution in [0.25, 0.3) is 11.4 Å². The standard InChI is InChI=1S/C13H12ClFN2O2/c1-7-5-6-10(18-7)13-16-12(17-19-13)8-3-2-4-9(14)11(8)15/h2-4,7,10H,5-6H2,1H3/t7-,10+/m1/s1. The number of hydrogen-bond acceptors (Lipinski definition) is 4. The zero-order valence-corrected chi connectivity index (χ0v) is 11.0. The topological polar surface area (TPSA) is 48.2 Å². The molecule has 0 unspecified atom stereocenters. The molecule has 1 aliphatic rings. The molecular weight excluding hydrogens is 271 g/mol. The van der Waals surface area contributed by atoms with Crippen molar-refractivity contribution in [3.63, 3.8) is 0 Å². The zero-order chi connectivity index (χ0) is 13.4. The number of nitrogens with zero attached hydrogens (tertiary/aromatic N) is 2. The third-order valence-corrected chi connectivity index (χ3v) is 3.43. The fraction of sp³-hybridized carbons (Fsp3) is 0.385. The molecule has 0 radical (unpaired) electrons. The maximum Gasteiger partial charge on any atom is 0.256 e. The lowest BCUT2D eigenvalue weighted by atomic mass is 10.2. The molecule has 19 heavy (non-hydrogen) atoms. The van der Waals surface area contributed by atoms with Crippen LogP contribution in [0, 0.1) is 5.82 Å². The van der Waals surface area contributed by atoms with Crippen LogP contribution in [0.2, 0.25) is 5.02 Å². The van der Waals surface area contributed by atoms with Crippen molar-refractivity contribution in [3.05, 3.63) is 34.9 Å². The SMILES string of the molecule is C[C@@H]1CC[C@@H](c2nc(-c3cccc(Cl)c3F)no2)O1. The van der Waals surface area contributed by atoms with Crippen molar-refractivity contribution in [3.8, 4) is 11.4 Å². The van der Waals surface area contributed by atoms with Gasteiger partial charge in [0, 0.05) is 0 Å². The molecular formula is C13H12ClFN2O2. The van der Waals surface area contributed by atoms with Gasteiger partial charge in [-0.3, -0.25) is 0 Å². The average molecular weight is 283 g/mol. The highest BCUT2D eigenvalue weighted by Gasteiger charge is 2.28. The lowest BCUT2D eigenvalue weighted by Crippen LogP contribution is -2.01. The van der Waals surface area contributed by atoms with Crippen LogP contribution in [0.1, 0.15) is 31.8 Å². The Kier molecular flexibility index (Phi) is 3.24. The van der Waals surface area contributed by atoms with E-state index < -0.39 is 5.82 Å². The van der Waals surface area contributed by atoms with E-state index in [-0.39, 0.29) is 28.6 Å². The monoisotopic (exact) mass is 282 g/mol. The highest BCUT2D eigenvalue weighted by atomic mass is 35.5. The second-order valence-corrected chi connectivity index (χ2v) is 4.98. The molecule has 1 aromatic heterocycles. The summed E-state index contributed by atoms with van der Waals surface area (Å²) < 4.78 is 24.6. The van der Waals surface area contributed by atoms with Crippen LogP contribution >= 0.6 is 11.6 Å². The predicted molar refractivity (Wildman–Crippen MR) is 67.2 cm³/mol. The van der Waals surface area contributed by atoms with Crippen LogP contribution < -0.4 is 0 Å². The van der Waals surface area contributed by atoms with Gasteiger partial charge in [-0.1, -0.05) is 22.8 Å². The Morgan fingerprint density at radius 2 is 2.21 bits per heavy atom. The predicted octanol–water partition coefficient (Wildman–Crippen LogP) is 3.77. The minimum absolute atomic E-state index is 0.0367. The molecule has 6 heteroatoms. The number of halogens is 2. The number of rotatable bonds is 2. The first-order valence-corrected chi connectivity index (χ1v) is 6.46. The Balaban J connectivity index is 1.91. The van der Waals surface area contributed by atoms with Crippen molar-refractivity contribution in [1.82, 2.24) is 10.1 Å². The Bertz CT molecular complexity index is 602. The Morgan fingerprint density at radius 1 is 1.37 bits per heavy atom. The summed E-state index contributed by atoms with van der Waals surface area (Å²) in [6.45, 7) is 1.99. The number of aromatic nitrogens is 2. The Labute approximate surface area is 114 Å². The molecule has 0 aliphatic carbocycles. The van der Waals surface area contributed by atoms with Gasteiger partial charge in [0.25, 0.3) is 5.89 Å². The molecule has 0 amide bonds. The van der Waals surface area contributed by atoms with E-state index in [0.29, 0.717) is 5.89 Å². The van der Waals surface area contributed by atoms with Crippen molar-refractivity contribution >= 4 is 11.6 Å². The molecule has 1 fully saturated rings. The molecule has 4 nitrogen and oxygen atoms in total. The normalized spacial score (nSPS) is 22.9. The molecule has 0 saturated carbocycles. The minimum atomic E-state index is -0.544. The molecule has 100 valence electrons. The zero-order valence-electron chi connectivity index (χ0n) is 10.3. The van der Waals surface area contributed by atoms with Gasteiger partial charge in [0.05, 0.1) is 16.7 Å². The van der Waals surface area contributed by atoms with E-state index in [1.165, 1.54) is 6.07 Å². The van der Waals surface area contributed by atoms with E-state index in [1.54, 1.807) is 12.1 Å². The molecule has 2 atom stereocenters.